The van der Waals surface area contributed by atoms with Crippen LogP contribution < -0.4 is 15.0 Å². The summed E-state index contributed by atoms with van der Waals surface area (Å²) in [5, 5.41) is 17.3. The third-order valence-corrected chi connectivity index (χ3v) is 6.11. The average Bonchev–Trinajstić information content (AvgIpc) is 3.30. The van der Waals surface area contributed by atoms with Crippen molar-refractivity contribution in [3.05, 3.63) is 45.9 Å². The van der Waals surface area contributed by atoms with E-state index in [1.54, 1.807) is 6.20 Å². The van der Waals surface area contributed by atoms with Crippen molar-refractivity contribution in [2.45, 2.75) is 25.7 Å². The number of fused-ring (bicyclic) bond motifs is 1. The minimum absolute atomic E-state index is 0.0219. The van der Waals surface area contributed by atoms with Crippen LogP contribution in [0.2, 0.25) is 5.02 Å². The number of nitrogens with zero attached hydrogens (tertiary/aromatic N) is 3. The molecule has 1 saturated heterocycles. The smallest absolute Gasteiger partial charge is 0.214 e. The molecular formula is C19H19ClN5O2S+. The number of rotatable bonds is 5. The largest absolute Gasteiger partial charge is 0.486 e. The highest BCUT2D eigenvalue weighted by atomic mass is 35.5. The van der Waals surface area contributed by atoms with Crippen LogP contribution in [0.4, 0.5) is 0 Å². The topological polar surface area (TPSA) is 105 Å². The normalized spacial score (nSPS) is 19.0. The second-order valence-electron chi connectivity index (χ2n) is 6.64. The van der Waals surface area contributed by atoms with Gasteiger partial charge in [0, 0.05) is 40.3 Å². The van der Waals surface area contributed by atoms with Crippen LogP contribution in [0, 0.1) is 12.5 Å². The second-order valence-corrected chi connectivity index (χ2v) is 8.21. The van der Waals surface area contributed by atoms with Gasteiger partial charge >= 0.3 is 0 Å². The molecule has 0 spiro atoms. The molecule has 0 aliphatic carbocycles. The highest BCUT2D eigenvalue weighted by molar-refractivity contribution is 7.19. The number of benzene rings is 1. The zero-order valence-electron chi connectivity index (χ0n) is 15.1. The molecule has 7 nitrogen and oxygen atoms in total. The number of pyridine rings is 1. The SMILES string of the molecule is Cc1cc(Cl)cc(-c2ccnc3cc(CO)sc23)c1O[C@@H]1CNC[C@@H]1N=[N+]=N. The summed E-state index contributed by atoms with van der Waals surface area (Å²) < 4.78 is 7.35. The van der Waals surface area contributed by atoms with Gasteiger partial charge in [-0.2, -0.15) is 0 Å². The molecule has 9 heteroatoms. The van der Waals surface area contributed by atoms with Gasteiger partial charge in [-0.05, 0) is 36.8 Å². The molecule has 4 rings (SSSR count). The van der Waals surface area contributed by atoms with E-state index in [0.717, 1.165) is 37.5 Å². The monoisotopic (exact) mass is 416 g/mol. The lowest BCUT2D eigenvalue weighted by Crippen LogP contribution is -2.29. The molecule has 3 N–H and O–H groups in total. The summed E-state index contributed by atoms with van der Waals surface area (Å²) in [6.45, 7) is 3.19. The quantitative estimate of drug-likeness (QED) is 0.435. The van der Waals surface area contributed by atoms with Crippen LogP contribution >= 0.6 is 22.9 Å². The van der Waals surface area contributed by atoms with Gasteiger partial charge in [-0.3, -0.25) is 4.98 Å². The molecule has 0 unspecified atom stereocenters. The Kier molecular flexibility index (Phi) is 5.39. The van der Waals surface area contributed by atoms with Crippen molar-refractivity contribution >= 4 is 33.2 Å². The van der Waals surface area contributed by atoms with E-state index in [1.165, 1.54) is 11.3 Å². The van der Waals surface area contributed by atoms with Gasteiger partial charge in [0.15, 0.2) is 6.04 Å². The van der Waals surface area contributed by atoms with E-state index in [0.29, 0.717) is 18.1 Å². The van der Waals surface area contributed by atoms with E-state index in [2.05, 4.69) is 20.3 Å². The van der Waals surface area contributed by atoms with Crippen molar-refractivity contribution in [1.29, 1.82) is 5.53 Å². The third kappa shape index (κ3) is 3.53. The van der Waals surface area contributed by atoms with Gasteiger partial charge in [-0.25, -0.2) is 0 Å². The Morgan fingerprint density at radius 2 is 2.25 bits per heavy atom. The van der Waals surface area contributed by atoms with Gasteiger partial charge in [0.1, 0.15) is 22.5 Å². The van der Waals surface area contributed by atoms with Crippen molar-refractivity contribution in [2.75, 3.05) is 13.1 Å². The molecular weight excluding hydrogens is 398 g/mol. The number of aromatic nitrogens is 1. The zero-order chi connectivity index (χ0) is 19.7. The van der Waals surface area contributed by atoms with E-state index in [-0.39, 0.29) is 18.8 Å². The minimum Gasteiger partial charge on any atom is -0.486 e. The molecule has 1 aliphatic heterocycles. The molecule has 0 radical (unpaired) electrons. The lowest BCUT2D eigenvalue weighted by atomic mass is 10.0. The first-order chi connectivity index (χ1) is 13.6. The first-order valence-electron chi connectivity index (χ1n) is 8.83. The molecule has 1 fully saturated rings. The van der Waals surface area contributed by atoms with Crippen molar-refractivity contribution < 1.29 is 9.84 Å². The summed E-state index contributed by atoms with van der Waals surface area (Å²) in [6.07, 6.45) is 1.53. The van der Waals surface area contributed by atoms with Crippen molar-refractivity contribution in [3.8, 4) is 16.9 Å². The molecule has 144 valence electrons. The lowest BCUT2D eigenvalue weighted by molar-refractivity contribution is 0.202. The van der Waals surface area contributed by atoms with Gasteiger partial charge in [0.25, 0.3) is 0 Å². The summed E-state index contributed by atoms with van der Waals surface area (Å²) in [5.74, 6) is 0.731. The Bertz CT molecular complexity index is 1080. The number of aliphatic hydroxyl groups is 1. The highest BCUT2D eigenvalue weighted by Gasteiger charge is 2.33. The molecule has 28 heavy (non-hydrogen) atoms. The maximum absolute atomic E-state index is 9.51. The molecule has 3 heterocycles. The molecule has 1 aliphatic rings. The molecule has 2 aromatic heterocycles. The highest BCUT2D eigenvalue weighted by Crippen LogP contribution is 2.42. The van der Waals surface area contributed by atoms with E-state index in [4.69, 9.17) is 21.9 Å². The first kappa shape index (κ1) is 19.0. The van der Waals surface area contributed by atoms with E-state index in [9.17, 15) is 5.11 Å². The van der Waals surface area contributed by atoms with Crippen LogP contribution in [0.3, 0.4) is 0 Å². The van der Waals surface area contributed by atoms with Crippen LogP contribution in [0.25, 0.3) is 21.3 Å². The fourth-order valence-electron chi connectivity index (χ4n) is 3.47. The van der Waals surface area contributed by atoms with Gasteiger partial charge < -0.3 is 15.2 Å². The molecule has 0 amide bonds. The average molecular weight is 417 g/mol. The summed E-state index contributed by atoms with van der Waals surface area (Å²) in [5.41, 5.74) is 10.6. The summed E-state index contributed by atoms with van der Waals surface area (Å²) in [7, 11) is 0. The second kappa shape index (κ2) is 7.95. The van der Waals surface area contributed by atoms with Crippen LogP contribution in [-0.4, -0.2) is 35.3 Å². The van der Waals surface area contributed by atoms with Crippen LogP contribution in [0.15, 0.2) is 35.6 Å². The van der Waals surface area contributed by atoms with E-state index >= 15 is 0 Å². The van der Waals surface area contributed by atoms with Crippen LogP contribution in [-0.2, 0) is 6.61 Å². The first-order valence-corrected chi connectivity index (χ1v) is 10.0. The molecule has 0 bridgehead atoms. The van der Waals surface area contributed by atoms with Gasteiger partial charge in [-0.1, -0.05) is 11.6 Å². The Morgan fingerprint density at radius 1 is 1.39 bits per heavy atom. The zero-order valence-corrected chi connectivity index (χ0v) is 16.7. The maximum Gasteiger partial charge on any atom is 0.214 e. The van der Waals surface area contributed by atoms with Gasteiger partial charge in [0.05, 0.1) is 16.8 Å². The van der Waals surface area contributed by atoms with Crippen LogP contribution in [0.5, 0.6) is 5.75 Å². The van der Waals surface area contributed by atoms with Gasteiger partial charge in [0.2, 0.25) is 4.91 Å². The van der Waals surface area contributed by atoms with Crippen molar-refractivity contribution in [1.82, 2.24) is 15.2 Å². The predicted molar refractivity (Wildman–Crippen MR) is 109 cm³/mol. The fourth-order valence-corrected chi connectivity index (χ4v) is 4.74. The number of hydrogen-bond acceptors (Lipinski definition) is 7. The Balaban J connectivity index is 1.84. The maximum atomic E-state index is 9.51. The summed E-state index contributed by atoms with van der Waals surface area (Å²) in [4.78, 5) is 8.45. The number of aliphatic hydroxyl groups excluding tert-OH is 1. The Labute approximate surface area is 170 Å². The van der Waals surface area contributed by atoms with Crippen molar-refractivity contribution in [2.24, 2.45) is 5.11 Å². The van der Waals surface area contributed by atoms with E-state index < -0.39 is 0 Å². The van der Waals surface area contributed by atoms with Crippen LogP contribution in [0.1, 0.15) is 10.4 Å². The molecule has 3 aromatic rings. The number of ether oxygens (including phenoxy) is 1. The molecule has 0 saturated carbocycles. The fraction of sp³-hybridized carbons (Fsp3) is 0.316. The van der Waals surface area contributed by atoms with Gasteiger partial charge in [-0.15, -0.1) is 11.3 Å². The molecule has 1 aromatic carbocycles. The number of hydrogen-bond donors (Lipinski definition) is 3. The molecule has 2 atom stereocenters. The minimum atomic E-state index is -0.221. The predicted octanol–water partition coefficient (Wildman–Crippen LogP) is 3.69. The Hall–Kier alpha value is -2.35. The van der Waals surface area contributed by atoms with Crippen molar-refractivity contribution in [3.63, 3.8) is 0 Å². The number of nitrogens with one attached hydrogen (secondary N) is 2. The number of aryl methyl sites for hydroxylation is 1. The summed E-state index contributed by atoms with van der Waals surface area (Å²) in [6, 6.07) is 7.38. The lowest BCUT2D eigenvalue weighted by Gasteiger charge is -2.20. The van der Waals surface area contributed by atoms with E-state index in [1.807, 2.05) is 31.2 Å². The number of halogens is 1. The number of thiophene rings is 1. The Morgan fingerprint density at radius 3 is 3.04 bits per heavy atom. The summed E-state index contributed by atoms with van der Waals surface area (Å²) >= 11 is 7.88. The standard InChI is InChI=1S/C19H19ClN5O2S/c1-10-4-11(20)5-14(18(10)27-17-8-22-7-16(17)24-25-21)13-2-3-23-15-6-12(9-26)28-19(13)15/h2-6,16-17,21-22,26H,7-9H2,1H3/q+1/t16-,17+/m0/s1. The third-order valence-electron chi connectivity index (χ3n) is 4.75.